The molecule has 214 valence electrons. The maximum Gasteiger partial charge on any atom is 0.251 e. The first kappa shape index (κ1) is 29.8. The number of hydrogen-bond donors (Lipinski definition) is 3. The number of carbonyl (C=O) groups is 2. The summed E-state index contributed by atoms with van der Waals surface area (Å²) in [5.41, 5.74) is 2.03. The predicted octanol–water partition coefficient (Wildman–Crippen LogP) is 6.23. The van der Waals surface area contributed by atoms with Crippen molar-refractivity contribution in [2.45, 2.75) is 72.1 Å². The van der Waals surface area contributed by atoms with E-state index in [1.807, 2.05) is 24.8 Å². The van der Waals surface area contributed by atoms with E-state index < -0.39 is 0 Å². The second kappa shape index (κ2) is 13.5. The Balaban J connectivity index is 1.52. The topological polar surface area (TPSA) is 116 Å². The maximum absolute atomic E-state index is 13.2. The highest BCUT2D eigenvalue weighted by molar-refractivity contribution is 8.26. The summed E-state index contributed by atoms with van der Waals surface area (Å²) < 4.78 is 12.1. The van der Waals surface area contributed by atoms with Crippen LogP contribution in [0.5, 0.6) is 11.5 Å². The lowest BCUT2D eigenvalue weighted by molar-refractivity contribution is -0.128. The van der Waals surface area contributed by atoms with Crippen LogP contribution in [0.2, 0.25) is 0 Å². The van der Waals surface area contributed by atoms with Gasteiger partial charge in [0, 0.05) is 54.8 Å². The number of hydrogen-bond acceptors (Lipinski definition) is 7. The SMILES string of the molecule is CC(C)C(=N)SC(=N)c1ccc(Oc2cc(C(=O)N[C@H]3CCOC(C(C)C)C3)ccc2CN2CCCC2=O)cc1. The lowest BCUT2D eigenvalue weighted by Gasteiger charge is -2.32. The number of amides is 2. The molecule has 2 aromatic carbocycles. The Morgan fingerprint density at radius 2 is 1.85 bits per heavy atom. The molecule has 2 saturated heterocycles. The third-order valence-electron chi connectivity index (χ3n) is 7.34. The van der Waals surface area contributed by atoms with Gasteiger partial charge in [0.1, 0.15) is 16.5 Å². The van der Waals surface area contributed by atoms with Crippen molar-refractivity contribution in [2.24, 2.45) is 11.8 Å². The molecule has 2 atom stereocenters. The van der Waals surface area contributed by atoms with E-state index in [0.29, 0.717) is 64.7 Å². The first-order valence-corrected chi connectivity index (χ1v) is 14.9. The summed E-state index contributed by atoms with van der Waals surface area (Å²) in [6.07, 6.45) is 3.11. The fraction of sp³-hybridized carbons (Fsp3) is 0.484. The van der Waals surface area contributed by atoms with Gasteiger partial charge < -0.3 is 19.7 Å². The van der Waals surface area contributed by atoms with E-state index in [9.17, 15) is 9.59 Å². The van der Waals surface area contributed by atoms with Gasteiger partial charge in [0.2, 0.25) is 5.91 Å². The van der Waals surface area contributed by atoms with Crippen LogP contribution in [0.1, 0.15) is 74.9 Å². The molecule has 2 amide bonds. The number of carbonyl (C=O) groups excluding carboxylic acids is 2. The molecule has 4 rings (SSSR count). The third kappa shape index (κ3) is 7.73. The van der Waals surface area contributed by atoms with Crippen molar-refractivity contribution in [1.82, 2.24) is 10.2 Å². The zero-order valence-corrected chi connectivity index (χ0v) is 24.6. The van der Waals surface area contributed by atoms with E-state index >= 15 is 0 Å². The number of benzene rings is 2. The average Bonchev–Trinajstić information content (AvgIpc) is 3.33. The van der Waals surface area contributed by atoms with Gasteiger partial charge in [-0.05, 0) is 61.6 Å². The van der Waals surface area contributed by atoms with Gasteiger partial charge in [-0.3, -0.25) is 20.4 Å². The molecule has 0 saturated carbocycles. The lowest BCUT2D eigenvalue weighted by Crippen LogP contribution is -2.43. The van der Waals surface area contributed by atoms with E-state index in [-0.39, 0.29) is 29.9 Å². The highest BCUT2D eigenvalue weighted by Crippen LogP contribution is 2.30. The van der Waals surface area contributed by atoms with Crippen LogP contribution in [0.15, 0.2) is 42.5 Å². The quantitative estimate of drug-likeness (QED) is 0.247. The molecule has 0 aromatic heterocycles. The molecular weight excluding hydrogens is 524 g/mol. The van der Waals surface area contributed by atoms with Crippen molar-refractivity contribution >= 4 is 33.7 Å². The standard InChI is InChI=1S/C31H40N4O4S/c1-19(2)26-17-24(13-15-38-26)34-31(37)22-7-8-23(18-35-14-5-6-28(35)36)27(16-22)39-25-11-9-21(10-12-25)30(33)40-29(32)20(3)4/h7-12,16,19-20,24,26,32-33H,5-6,13-15,17-18H2,1-4H3,(H,34,37)/t24-,26?/m0/s1. The van der Waals surface area contributed by atoms with Gasteiger partial charge in [0.15, 0.2) is 0 Å². The molecule has 8 nitrogen and oxygen atoms in total. The van der Waals surface area contributed by atoms with Gasteiger partial charge in [-0.15, -0.1) is 0 Å². The van der Waals surface area contributed by atoms with E-state index in [4.69, 9.17) is 20.3 Å². The molecule has 9 heteroatoms. The summed E-state index contributed by atoms with van der Waals surface area (Å²) in [5.74, 6) is 1.52. The molecule has 2 aliphatic heterocycles. The van der Waals surface area contributed by atoms with E-state index in [1.54, 1.807) is 36.4 Å². The maximum atomic E-state index is 13.2. The van der Waals surface area contributed by atoms with Crippen molar-refractivity contribution in [3.63, 3.8) is 0 Å². The van der Waals surface area contributed by atoms with Gasteiger partial charge in [0.05, 0.1) is 11.1 Å². The van der Waals surface area contributed by atoms with Gasteiger partial charge in [0.25, 0.3) is 5.91 Å². The fourth-order valence-electron chi connectivity index (χ4n) is 4.78. The van der Waals surface area contributed by atoms with Crippen LogP contribution in [0.4, 0.5) is 0 Å². The zero-order valence-electron chi connectivity index (χ0n) is 23.8. The van der Waals surface area contributed by atoms with Gasteiger partial charge in [-0.1, -0.05) is 45.5 Å². The highest BCUT2D eigenvalue weighted by atomic mass is 32.2. The molecular formula is C31H40N4O4S. The van der Waals surface area contributed by atoms with Crippen molar-refractivity contribution < 1.29 is 19.1 Å². The Bertz CT molecular complexity index is 1240. The molecule has 0 aliphatic carbocycles. The molecule has 2 aliphatic rings. The lowest BCUT2D eigenvalue weighted by atomic mass is 9.95. The second-order valence-corrected chi connectivity index (χ2v) is 12.2. The van der Waals surface area contributed by atoms with Crippen molar-refractivity contribution in [3.8, 4) is 11.5 Å². The van der Waals surface area contributed by atoms with Crippen LogP contribution in [-0.2, 0) is 16.1 Å². The minimum absolute atomic E-state index is 0.0535. The third-order valence-corrected chi connectivity index (χ3v) is 8.47. The Morgan fingerprint density at radius 3 is 2.50 bits per heavy atom. The molecule has 2 fully saturated rings. The zero-order chi connectivity index (χ0) is 28.8. The molecule has 40 heavy (non-hydrogen) atoms. The van der Waals surface area contributed by atoms with Gasteiger partial charge in [-0.2, -0.15) is 0 Å². The summed E-state index contributed by atoms with van der Waals surface area (Å²) in [5, 5.41) is 20.3. The smallest absolute Gasteiger partial charge is 0.251 e. The van der Waals surface area contributed by atoms with E-state index in [1.165, 1.54) is 0 Å². The van der Waals surface area contributed by atoms with E-state index in [2.05, 4.69) is 19.2 Å². The molecule has 0 spiro atoms. The number of rotatable bonds is 9. The van der Waals surface area contributed by atoms with Gasteiger partial charge in [-0.25, -0.2) is 0 Å². The minimum atomic E-state index is -0.156. The number of thioether (sulfide) groups is 1. The molecule has 2 heterocycles. The Morgan fingerprint density at radius 1 is 1.12 bits per heavy atom. The number of nitrogens with zero attached hydrogens (tertiary/aromatic N) is 1. The predicted molar refractivity (Wildman–Crippen MR) is 160 cm³/mol. The number of likely N-dealkylation sites (tertiary alicyclic amines) is 1. The summed E-state index contributed by atoms with van der Waals surface area (Å²) in [4.78, 5) is 27.4. The van der Waals surface area contributed by atoms with E-state index in [0.717, 1.165) is 36.6 Å². The van der Waals surface area contributed by atoms with Crippen molar-refractivity contribution in [1.29, 1.82) is 10.8 Å². The molecule has 0 bridgehead atoms. The van der Waals surface area contributed by atoms with Crippen LogP contribution in [0.25, 0.3) is 0 Å². The van der Waals surface area contributed by atoms with Crippen LogP contribution in [-0.4, -0.2) is 52.1 Å². The van der Waals surface area contributed by atoms with Crippen LogP contribution >= 0.6 is 11.8 Å². The fourth-order valence-corrected chi connectivity index (χ4v) is 5.49. The summed E-state index contributed by atoms with van der Waals surface area (Å²) in [7, 11) is 0. The molecule has 2 aromatic rings. The summed E-state index contributed by atoms with van der Waals surface area (Å²) in [6.45, 7) is 9.90. The average molecular weight is 565 g/mol. The van der Waals surface area contributed by atoms with Crippen LogP contribution < -0.4 is 10.1 Å². The molecule has 1 unspecified atom stereocenters. The highest BCUT2D eigenvalue weighted by Gasteiger charge is 2.27. The monoisotopic (exact) mass is 564 g/mol. The largest absolute Gasteiger partial charge is 0.457 e. The first-order chi connectivity index (χ1) is 19.1. The van der Waals surface area contributed by atoms with Crippen LogP contribution in [0.3, 0.4) is 0 Å². The van der Waals surface area contributed by atoms with Crippen molar-refractivity contribution in [3.05, 3.63) is 59.2 Å². The van der Waals surface area contributed by atoms with Crippen LogP contribution in [0, 0.1) is 22.7 Å². The first-order valence-electron chi connectivity index (χ1n) is 14.1. The molecule has 3 N–H and O–H groups in total. The molecule has 0 radical (unpaired) electrons. The normalized spacial score (nSPS) is 19.2. The number of nitrogens with one attached hydrogen (secondary N) is 3. The Hall–Kier alpha value is -3.17. The Labute approximate surface area is 241 Å². The summed E-state index contributed by atoms with van der Waals surface area (Å²) >= 11 is 1.15. The van der Waals surface area contributed by atoms with Crippen molar-refractivity contribution in [2.75, 3.05) is 13.2 Å². The number of ether oxygens (including phenoxy) is 2. The Kier molecular flexibility index (Phi) is 10.0. The minimum Gasteiger partial charge on any atom is -0.457 e. The summed E-state index contributed by atoms with van der Waals surface area (Å²) in [6, 6.07) is 12.6. The van der Waals surface area contributed by atoms with Gasteiger partial charge >= 0.3 is 0 Å². The second-order valence-electron chi connectivity index (χ2n) is 11.2.